The van der Waals surface area contributed by atoms with Crippen molar-refractivity contribution in [3.05, 3.63) is 57.5 Å². The molecule has 2 aromatic carbocycles. The maximum Gasteiger partial charge on any atom is 0.241 e. The van der Waals surface area contributed by atoms with Gasteiger partial charge in [0.25, 0.3) is 0 Å². The Labute approximate surface area is 173 Å². The predicted molar refractivity (Wildman–Crippen MR) is 112 cm³/mol. The van der Waals surface area contributed by atoms with Gasteiger partial charge in [0.1, 0.15) is 0 Å². The summed E-state index contributed by atoms with van der Waals surface area (Å²) < 4.78 is 0. The van der Waals surface area contributed by atoms with E-state index in [4.69, 9.17) is 34.8 Å². The molecule has 0 aliphatic rings. The lowest BCUT2D eigenvalue weighted by atomic mass is 10.2. The molecule has 2 aromatic rings. The Bertz CT molecular complexity index is 792. The van der Waals surface area contributed by atoms with Crippen molar-refractivity contribution in [3.63, 3.8) is 0 Å². The zero-order valence-electron chi connectivity index (χ0n) is 14.9. The number of nitrogens with one attached hydrogen (secondary N) is 2. The molecule has 144 valence electrons. The van der Waals surface area contributed by atoms with Crippen LogP contribution in [0, 0.1) is 0 Å². The van der Waals surface area contributed by atoms with Gasteiger partial charge in [-0.1, -0.05) is 47.8 Å². The van der Waals surface area contributed by atoms with Crippen molar-refractivity contribution >= 4 is 58.0 Å². The highest BCUT2D eigenvalue weighted by Crippen LogP contribution is 2.29. The molecule has 0 aliphatic carbocycles. The van der Waals surface area contributed by atoms with Crippen molar-refractivity contribution < 1.29 is 9.59 Å². The fourth-order valence-corrected chi connectivity index (χ4v) is 3.07. The van der Waals surface area contributed by atoms with E-state index in [1.165, 1.54) is 0 Å². The number of para-hydroxylation sites is 1. The quantitative estimate of drug-likeness (QED) is 0.657. The highest BCUT2D eigenvalue weighted by atomic mass is 35.5. The highest BCUT2D eigenvalue weighted by molar-refractivity contribution is 6.39. The molecule has 2 rings (SSSR count). The Morgan fingerprint density at radius 1 is 1.00 bits per heavy atom. The summed E-state index contributed by atoms with van der Waals surface area (Å²) in [6.45, 7) is 4.15. The topological polar surface area (TPSA) is 61.4 Å². The van der Waals surface area contributed by atoms with Crippen LogP contribution in [0.15, 0.2) is 42.5 Å². The van der Waals surface area contributed by atoms with Crippen molar-refractivity contribution in [1.82, 2.24) is 4.90 Å². The van der Waals surface area contributed by atoms with Gasteiger partial charge in [-0.25, -0.2) is 0 Å². The molecular weight excluding hydrogens is 409 g/mol. The number of amides is 2. The Morgan fingerprint density at radius 3 is 2.15 bits per heavy atom. The van der Waals surface area contributed by atoms with E-state index in [2.05, 4.69) is 10.6 Å². The summed E-state index contributed by atoms with van der Waals surface area (Å²) >= 11 is 18.0. The van der Waals surface area contributed by atoms with E-state index in [1.807, 2.05) is 6.92 Å². The van der Waals surface area contributed by atoms with Crippen LogP contribution in [0.4, 0.5) is 11.4 Å². The summed E-state index contributed by atoms with van der Waals surface area (Å²) in [6.07, 6.45) is 0. The second-order valence-corrected chi connectivity index (χ2v) is 7.13. The number of benzene rings is 2. The molecule has 27 heavy (non-hydrogen) atoms. The third-order valence-electron chi connectivity index (χ3n) is 4.02. The van der Waals surface area contributed by atoms with Crippen LogP contribution >= 0.6 is 34.8 Å². The van der Waals surface area contributed by atoms with E-state index >= 15 is 0 Å². The first-order valence-corrected chi connectivity index (χ1v) is 9.49. The molecule has 2 N–H and O–H groups in total. The molecule has 0 radical (unpaired) electrons. The van der Waals surface area contributed by atoms with Crippen LogP contribution in [0.3, 0.4) is 0 Å². The van der Waals surface area contributed by atoms with Crippen molar-refractivity contribution in [1.29, 1.82) is 0 Å². The zero-order valence-corrected chi connectivity index (χ0v) is 17.2. The van der Waals surface area contributed by atoms with Gasteiger partial charge in [-0.05, 0) is 49.9 Å². The van der Waals surface area contributed by atoms with E-state index in [-0.39, 0.29) is 18.4 Å². The van der Waals surface area contributed by atoms with Crippen molar-refractivity contribution in [2.45, 2.75) is 19.9 Å². The van der Waals surface area contributed by atoms with Gasteiger partial charge < -0.3 is 10.6 Å². The molecule has 0 fully saturated rings. The van der Waals surface area contributed by atoms with Gasteiger partial charge in [0.2, 0.25) is 11.8 Å². The molecular formula is C19H20Cl3N3O2. The molecule has 8 heteroatoms. The molecule has 5 nitrogen and oxygen atoms in total. The molecule has 0 heterocycles. The average Bonchev–Trinajstić information content (AvgIpc) is 2.64. The summed E-state index contributed by atoms with van der Waals surface area (Å²) in [6, 6.07) is 11.3. The lowest BCUT2D eigenvalue weighted by Gasteiger charge is -2.26. The summed E-state index contributed by atoms with van der Waals surface area (Å²) in [4.78, 5) is 26.6. The summed E-state index contributed by atoms with van der Waals surface area (Å²) in [5, 5.41) is 6.81. The first-order chi connectivity index (χ1) is 12.8. The van der Waals surface area contributed by atoms with Crippen LogP contribution in [0.25, 0.3) is 0 Å². The Morgan fingerprint density at radius 2 is 1.59 bits per heavy atom. The Balaban J connectivity index is 1.99. The molecule has 0 saturated heterocycles. The minimum Gasteiger partial charge on any atom is -0.325 e. The highest BCUT2D eigenvalue weighted by Gasteiger charge is 2.23. The second-order valence-electron chi connectivity index (χ2n) is 5.88. The number of hydrogen-bond donors (Lipinski definition) is 2. The van der Waals surface area contributed by atoms with Crippen LogP contribution in [0.5, 0.6) is 0 Å². The Kier molecular flexibility index (Phi) is 7.92. The van der Waals surface area contributed by atoms with E-state index in [1.54, 1.807) is 54.3 Å². The first-order valence-electron chi connectivity index (χ1n) is 8.36. The van der Waals surface area contributed by atoms with E-state index in [9.17, 15) is 9.59 Å². The number of carbonyl (C=O) groups is 2. The smallest absolute Gasteiger partial charge is 0.241 e. The largest absolute Gasteiger partial charge is 0.325 e. The van der Waals surface area contributed by atoms with Crippen molar-refractivity contribution in [3.8, 4) is 0 Å². The summed E-state index contributed by atoms with van der Waals surface area (Å²) in [5.74, 6) is -0.527. The molecule has 0 aliphatic heterocycles. The molecule has 1 atom stereocenters. The van der Waals surface area contributed by atoms with Gasteiger partial charge in [-0.15, -0.1) is 0 Å². The summed E-state index contributed by atoms with van der Waals surface area (Å²) in [5.41, 5.74) is 1.000. The fourth-order valence-electron chi connectivity index (χ4n) is 2.45. The number of carbonyl (C=O) groups excluding carboxylic acids is 2. The minimum absolute atomic E-state index is 0.0211. The number of halogens is 3. The molecule has 1 unspecified atom stereocenters. The van der Waals surface area contributed by atoms with Crippen molar-refractivity contribution in [2.24, 2.45) is 0 Å². The lowest BCUT2D eigenvalue weighted by molar-refractivity contribution is -0.123. The van der Waals surface area contributed by atoms with Gasteiger partial charge >= 0.3 is 0 Å². The third-order valence-corrected chi connectivity index (χ3v) is 4.90. The molecule has 0 saturated carbocycles. The van der Waals surface area contributed by atoms with Gasteiger partial charge in [0.05, 0.1) is 28.3 Å². The Hall–Kier alpha value is -1.79. The molecule has 2 amide bonds. The van der Waals surface area contributed by atoms with E-state index in [0.29, 0.717) is 33.0 Å². The van der Waals surface area contributed by atoms with Crippen molar-refractivity contribution in [2.75, 3.05) is 23.7 Å². The third kappa shape index (κ3) is 6.11. The van der Waals surface area contributed by atoms with Gasteiger partial charge in [0, 0.05) is 10.7 Å². The van der Waals surface area contributed by atoms with Crippen LogP contribution in [0.1, 0.15) is 13.8 Å². The van der Waals surface area contributed by atoms with E-state index in [0.717, 1.165) is 0 Å². The standard InChI is InChI=1S/C19H20Cl3N3O2/c1-3-25(11-17(26)24-18-15(21)5-4-6-16(18)22)12(2)19(27)23-14-9-7-13(20)8-10-14/h4-10,12H,3,11H2,1-2H3,(H,23,27)(H,24,26). The molecule has 0 spiro atoms. The average molecular weight is 429 g/mol. The summed E-state index contributed by atoms with van der Waals surface area (Å²) in [7, 11) is 0. The number of rotatable bonds is 7. The maximum atomic E-state index is 12.5. The number of likely N-dealkylation sites (N-methyl/N-ethyl adjacent to an activating group) is 1. The lowest BCUT2D eigenvalue weighted by Crippen LogP contribution is -2.45. The fraction of sp³-hybridized carbons (Fsp3) is 0.263. The maximum absolute atomic E-state index is 12.5. The first kappa shape index (κ1) is 21.5. The number of hydrogen-bond acceptors (Lipinski definition) is 3. The molecule has 0 bridgehead atoms. The van der Waals surface area contributed by atoms with Gasteiger partial charge in [-0.3, -0.25) is 14.5 Å². The van der Waals surface area contributed by atoms with Gasteiger partial charge in [0.15, 0.2) is 0 Å². The second kappa shape index (κ2) is 9.95. The molecule has 0 aromatic heterocycles. The normalized spacial score (nSPS) is 11.9. The minimum atomic E-state index is -0.516. The van der Waals surface area contributed by atoms with Crippen LogP contribution in [-0.2, 0) is 9.59 Å². The predicted octanol–water partition coefficient (Wildman–Crippen LogP) is 4.93. The van der Waals surface area contributed by atoms with Gasteiger partial charge in [-0.2, -0.15) is 0 Å². The van der Waals surface area contributed by atoms with E-state index < -0.39 is 6.04 Å². The van der Waals surface area contributed by atoms with Crippen LogP contribution in [-0.4, -0.2) is 35.8 Å². The van der Waals surface area contributed by atoms with Crippen LogP contribution in [0.2, 0.25) is 15.1 Å². The number of nitrogens with zero attached hydrogens (tertiary/aromatic N) is 1. The monoisotopic (exact) mass is 427 g/mol. The number of anilines is 2. The SMILES string of the molecule is CCN(CC(=O)Nc1c(Cl)cccc1Cl)C(C)C(=O)Nc1ccc(Cl)cc1. The zero-order chi connectivity index (χ0) is 20.0. The van der Waals surface area contributed by atoms with Crippen LogP contribution < -0.4 is 10.6 Å².